The monoisotopic (exact) mass is 216 g/mol. The van der Waals surface area contributed by atoms with E-state index in [2.05, 4.69) is 11.9 Å². The number of rotatable bonds is 2. The molecule has 1 aromatic carbocycles. The zero-order valence-electron chi connectivity index (χ0n) is 9.49. The van der Waals surface area contributed by atoms with Crippen molar-refractivity contribution < 1.29 is 4.79 Å². The number of piperazine rings is 1. The Labute approximate surface area is 95.8 Å². The average molecular weight is 216 g/mol. The molecule has 1 amide bonds. The minimum atomic E-state index is 0.130. The van der Waals surface area contributed by atoms with Crippen molar-refractivity contribution in [2.75, 3.05) is 24.5 Å². The summed E-state index contributed by atoms with van der Waals surface area (Å²) in [5.41, 5.74) is 3.23. The number of aryl methyl sites for hydroxylation is 1. The number of carbonyl (C=O) groups is 1. The fourth-order valence-electron chi connectivity index (χ4n) is 1.90. The third-order valence-corrected chi connectivity index (χ3v) is 2.88. The number of hydrogen-bond acceptors (Lipinski definition) is 2. The highest BCUT2D eigenvalue weighted by Crippen LogP contribution is 2.20. The van der Waals surface area contributed by atoms with Crippen LogP contribution in [-0.4, -0.2) is 25.5 Å². The molecule has 3 heteroatoms. The average Bonchev–Trinajstić information content (AvgIpc) is 2.31. The number of hydrogen-bond donors (Lipinski definition) is 1. The molecule has 1 fully saturated rings. The van der Waals surface area contributed by atoms with Gasteiger partial charge in [-0.15, -0.1) is 0 Å². The second-order valence-electron chi connectivity index (χ2n) is 3.97. The number of benzene rings is 1. The highest BCUT2D eigenvalue weighted by atomic mass is 16.2. The summed E-state index contributed by atoms with van der Waals surface area (Å²) in [6.45, 7) is 7.84. The molecule has 84 valence electrons. The van der Waals surface area contributed by atoms with E-state index in [4.69, 9.17) is 0 Å². The van der Waals surface area contributed by atoms with Crippen molar-refractivity contribution >= 4 is 17.7 Å². The van der Waals surface area contributed by atoms with E-state index in [9.17, 15) is 4.79 Å². The van der Waals surface area contributed by atoms with E-state index in [1.165, 1.54) is 5.56 Å². The van der Waals surface area contributed by atoms with Gasteiger partial charge >= 0.3 is 0 Å². The zero-order valence-corrected chi connectivity index (χ0v) is 9.49. The lowest BCUT2D eigenvalue weighted by Gasteiger charge is -2.27. The Balaban J connectivity index is 2.32. The van der Waals surface area contributed by atoms with E-state index in [1.807, 2.05) is 36.1 Å². The smallest absolute Gasteiger partial charge is 0.240 e. The van der Waals surface area contributed by atoms with Crippen LogP contribution in [0, 0.1) is 6.92 Å². The molecule has 1 N–H and O–H groups in total. The third-order valence-electron chi connectivity index (χ3n) is 2.88. The van der Waals surface area contributed by atoms with Gasteiger partial charge in [0, 0.05) is 18.8 Å². The van der Waals surface area contributed by atoms with Crippen molar-refractivity contribution in [2.24, 2.45) is 0 Å². The third kappa shape index (κ3) is 1.99. The Bertz CT molecular complexity index is 426. The van der Waals surface area contributed by atoms with Gasteiger partial charge in [-0.25, -0.2) is 0 Å². The highest BCUT2D eigenvalue weighted by Gasteiger charge is 2.19. The van der Waals surface area contributed by atoms with Crippen LogP contribution in [0.15, 0.2) is 24.8 Å². The lowest BCUT2D eigenvalue weighted by atomic mass is 10.1. The van der Waals surface area contributed by atoms with Gasteiger partial charge in [0.15, 0.2) is 0 Å². The maximum Gasteiger partial charge on any atom is 0.240 e. The van der Waals surface area contributed by atoms with Gasteiger partial charge in [0.05, 0.1) is 6.54 Å². The number of amides is 1. The molecule has 3 nitrogen and oxygen atoms in total. The van der Waals surface area contributed by atoms with Gasteiger partial charge in [-0.05, 0) is 30.2 Å². The minimum Gasteiger partial charge on any atom is -0.310 e. The van der Waals surface area contributed by atoms with Gasteiger partial charge < -0.3 is 10.2 Å². The van der Waals surface area contributed by atoms with Crippen LogP contribution in [0.5, 0.6) is 0 Å². The normalized spacial score (nSPS) is 16.3. The van der Waals surface area contributed by atoms with Crippen LogP contribution in [0.25, 0.3) is 6.08 Å². The molecule has 2 rings (SSSR count). The quantitative estimate of drug-likeness (QED) is 0.814. The minimum absolute atomic E-state index is 0.130. The van der Waals surface area contributed by atoms with Crippen molar-refractivity contribution in [2.45, 2.75) is 6.92 Å². The van der Waals surface area contributed by atoms with Crippen LogP contribution in [0.3, 0.4) is 0 Å². The fraction of sp³-hybridized carbons (Fsp3) is 0.308. The molecule has 0 radical (unpaired) electrons. The van der Waals surface area contributed by atoms with Gasteiger partial charge in [-0.2, -0.15) is 0 Å². The molecule has 1 heterocycles. The second kappa shape index (κ2) is 4.49. The fourth-order valence-corrected chi connectivity index (χ4v) is 1.90. The van der Waals surface area contributed by atoms with Crippen LogP contribution in [0.2, 0.25) is 0 Å². The first-order valence-corrected chi connectivity index (χ1v) is 5.46. The van der Waals surface area contributed by atoms with Crippen molar-refractivity contribution in [1.82, 2.24) is 5.32 Å². The van der Waals surface area contributed by atoms with Crippen LogP contribution in [0.4, 0.5) is 5.69 Å². The summed E-state index contributed by atoms with van der Waals surface area (Å²) < 4.78 is 0. The van der Waals surface area contributed by atoms with Crippen molar-refractivity contribution in [3.8, 4) is 0 Å². The van der Waals surface area contributed by atoms with Crippen molar-refractivity contribution in [3.63, 3.8) is 0 Å². The summed E-state index contributed by atoms with van der Waals surface area (Å²) in [4.78, 5) is 13.5. The van der Waals surface area contributed by atoms with E-state index in [0.29, 0.717) is 6.54 Å². The van der Waals surface area contributed by atoms with Crippen molar-refractivity contribution in [1.29, 1.82) is 0 Å². The molecule has 1 aliphatic heterocycles. The Morgan fingerprint density at radius 3 is 3.00 bits per heavy atom. The summed E-state index contributed by atoms with van der Waals surface area (Å²) in [5.74, 6) is 0.130. The molecule has 0 unspecified atom stereocenters. The summed E-state index contributed by atoms with van der Waals surface area (Å²) in [6, 6.07) is 6.04. The summed E-state index contributed by atoms with van der Waals surface area (Å²) >= 11 is 0. The Kier molecular flexibility index (Phi) is 3.06. The molecule has 1 aromatic rings. The maximum absolute atomic E-state index is 11.7. The number of anilines is 1. The first-order chi connectivity index (χ1) is 7.72. The van der Waals surface area contributed by atoms with E-state index < -0.39 is 0 Å². The lowest BCUT2D eigenvalue weighted by molar-refractivity contribution is -0.118. The standard InChI is InChI=1S/C13H16N2O/c1-3-11-8-12(5-4-10(11)2)15-7-6-14-9-13(15)16/h3-5,8,14H,1,6-7,9H2,2H3. The van der Waals surface area contributed by atoms with E-state index in [1.54, 1.807) is 0 Å². The lowest BCUT2D eigenvalue weighted by Crippen LogP contribution is -2.48. The molecule has 1 aliphatic rings. The molecule has 0 atom stereocenters. The topological polar surface area (TPSA) is 32.3 Å². The molecule has 16 heavy (non-hydrogen) atoms. The molecule has 0 saturated carbocycles. The summed E-state index contributed by atoms with van der Waals surface area (Å²) in [7, 11) is 0. The van der Waals surface area contributed by atoms with Crippen LogP contribution in [-0.2, 0) is 4.79 Å². The molecule has 0 aliphatic carbocycles. The molecule has 1 saturated heterocycles. The Hall–Kier alpha value is -1.61. The van der Waals surface area contributed by atoms with Crippen LogP contribution >= 0.6 is 0 Å². The zero-order chi connectivity index (χ0) is 11.5. The molecule has 0 bridgehead atoms. The number of nitrogens with zero attached hydrogens (tertiary/aromatic N) is 1. The van der Waals surface area contributed by atoms with Crippen LogP contribution < -0.4 is 10.2 Å². The SMILES string of the molecule is C=Cc1cc(N2CCNCC2=O)ccc1C. The Morgan fingerprint density at radius 2 is 2.31 bits per heavy atom. The predicted molar refractivity (Wildman–Crippen MR) is 66.5 cm³/mol. The molecular weight excluding hydrogens is 200 g/mol. The van der Waals surface area contributed by atoms with Crippen LogP contribution in [0.1, 0.15) is 11.1 Å². The van der Waals surface area contributed by atoms with Gasteiger partial charge in [0.25, 0.3) is 0 Å². The second-order valence-corrected chi connectivity index (χ2v) is 3.97. The van der Waals surface area contributed by atoms with Gasteiger partial charge in [0.1, 0.15) is 0 Å². The first-order valence-electron chi connectivity index (χ1n) is 5.46. The Morgan fingerprint density at radius 1 is 1.50 bits per heavy atom. The molecule has 0 aromatic heterocycles. The van der Waals surface area contributed by atoms with Gasteiger partial charge in [-0.3, -0.25) is 4.79 Å². The van der Waals surface area contributed by atoms with Gasteiger partial charge in [0.2, 0.25) is 5.91 Å². The van der Waals surface area contributed by atoms with E-state index >= 15 is 0 Å². The first kappa shape index (κ1) is 10.9. The van der Waals surface area contributed by atoms with Crippen molar-refractivity contribution in [3.05, 3.63) is 35.9 Å². The number of nitrogens with one attached hydrogen (secondary N) is 1. The summed E-state index contributed by atoms with van der Waals surface area (Å²) in [5, 5.41) is 3.06. The maximum atomic E-state index is 11.7. The predicted octanol–water partition coefficient (Wildman–Crippen LogP) is 1.57. The van der Waals surface area contributed by atoms with E-state index in [-0.39, 0.29) is 5.91 Å². The molecular formula is C13H16N2O. The van der Waals surface area contributed by atoms with Gasteiger partial charge in [-0.1, -0.05) is 18.7 Å². The summed E-state index contributed by atoms with van der Waals surface area (Å²) in [6.07, 6.45) is 1.82. The number of carbonyl (C=O) groups excluding carboxylic acids is 1. The van der Waals surface area contributed by atoms with E-state index in [0.717, 1.165) is 24.3 Å². The molecule has 0 spiro atoms. The highest BCUT2D eigenvalue weighted by molar-refractivity contribution is 5.95. The largest absolute Gasteiger partial charge is 0.310 e.